The molecule has 4 nitrogen and oxygen atoms in total. The van der Waals surface area contributed by atoms with Crippen LogP contribution in [0.25, 0.3) is 11.0 Å². The van der Waals surface area contributed by atoms with Crippen LogP contribution in [0.2, 0.25) is 0 Å². The molecule has 0 N–H and O–H groups in total. The van der Waals surface area contributed by atoms with Crippen LogP contribution in [0.5, 0.6) is 0 Å². The van der Waals surface area contributed by atoms with Crippen LogP contribution in [0.3, 0.4) is 0 Å². The van der Waals surface area contributed by atoms with Gasteiger partial charge in [0.1, 0.15) is 16.9 Å². The van der Waals surface area contributed by atoms with E-state index in [2.05, 4.69) is 13.0 Å². The zero-order chi connectivity index (χ0) is 16.1. The molecular formula is C18H23NO3. The maximum Gasteiger partial charge on any atom is 0.410 e. The topological polar surface area (TPSA) is 42.7 Å². The molecule has 1 aromatic carbocycles. The second-order valence-corrected chi connectivity index (χ2v) is 7.04. The molecular weight excluding hydrogens is 278 g/mol. The van der Waals surface area contributed by atoms with Gasteiger partial charge in [0, 0.05) is 17.5 Å². The van der Waals surface area contributed by atoms with E-state index in [1.54, 1.807) is 4.90 Å². The van der Waals surface area contributed by atoms with Crippen LogP contribution in [0.1, 0.15) is 50.6 Å². The highest BCUT2D eigenvalue weighted by Crippen LogP contribution is 2.37. The molecule has 0 fully saturated rings. The normalized spacial score (nSPS) is 18.4. The van der Waals surface area contributed by atoms with Gasteiger partial charge in [0.15, 0.2) is 0 Å². The number of amides is 1. The Labute approximate surface area is 131 Å². The Morgan fingerprint density at radius 3 is 2.77 bits per heavy atom. The summed E-state index contributed by atoms with van der Waals surface area (Å²) in [6, 6.07) is 6.11. The first-order valence-electron chi connectivity index (χ1n) is 7.78. The van der Waals surface area contributed by atoms with Gasteiger partial charge >= 0.3 is 6.09 Å². The van der Waals surface area contributed by atoms with Crippen LogP contribution in [-0.2, 0) is 11.2 Å². The largest absolute Gasteiger partial charge is 0.459 e. The summed E-state index contributed by atoms with van der Waals surface area (Å²) in [5, 5.41) is 1.17. The molecule has 0 radical (unpaired) electrons. The molecule has 1 aliphatic rings. The lowest BCUT2D eigenvalue weighted by atomic mass is 9.98. The minimum absolute atomic E-state index is 0.105. The Hall–Kier alpha value is -1.97. The summed E-state index contributed by atoms with van der Waals surface area (Å²) in [5.74, 6) is 0.887. The summed E-state index contributed by atoms with van der Waals surface area (Å²) >= 11 is 0. The summed E-state index contributed by atoms with van der Waals surface area (Å²) in [6.07, 6.45) is 0.525. The number of furan rings is 1. The molecule has 118 valence electrons. The van der Waals surface area contributed by atoms with Gasteiger partial charge in [-0.1, -0.05) is 11.6 Å². The highest BCUT2D eigenvalue weighted by Gasteiger charge is 2.34. The average Bonchev–Trinajstić information content (AvgIpc) is 2.76. The van der Waals surface area contributed by atoms with Crippen molar-refractivity contribution < 1.29 is 13.9 Å². The van der Waals surface area contributed by atoms with Gasteiger partial charge in [-0.3, -0.25) is 4.90 Å². The van der Waals surface area contributed by atoms with E-state index in [1.807, 2.05) is 39.8 Å². The first-order valence-corrected chi connectivity index (χ1v) is 7.78. The second-order valence-electron chi connectivity index (χ2n) is 7.04. The molecule has 0 bridgehead atoms. The summed E-state index contributed by atoms with van der Waals surface area (Å²) < 4.78 is 11.5. The second kappa shape index (κ2) is 5.04. The maximum atomic E-state index is 12.4. The van der Waals surface area contributed by atoms with Crippen molar-refractivity contribution in [1.29, 1.82) is 0 Å². The minimum Gasteiger partial charge on any atom is -0.459 e. The van der Waals surface area contributed by atoms with E-state index in [4.69, 9.17) is 9.15 Å². The van der Waals surface area contributed by atoms with Crippen molar-refractivity contribution >= 4 is 17.1 Å². The minimum atomic E-state index is -0.484. The van der Waals surface area contributed by atoms with Gasteiger partial charge in [-0.2, -0.15) is 0 Å². The zero-order valence-corrected chi connectivity index (χ0v) is 13.9. The predicted molar refractivity (Wildman–Crippen MR) is 86.0 cm³/mol. The number of hydrogen-bond acceptors (Lipinski definition) is 3. The fraction of sp³-hybridized carbons (Fsp3) is 0.500. The first-order chi connectivity index (χ1) is 10.3. The van der Waals surface area contributed by atoms with E-state index in [1.165, 1.54) is 16.5 Å². The van der Waals surface area contributed by atoms with E-state index in [0.717, 1.165) is 17.8 Å². The van der Waals surface area contributed by atoms with Gasteiger partial charge in [0.25, 0.3) is 0 Å². The van der Waals surface area contributed by atoms with Crippen molar-refractivity contribution in [3.05, 3.63) is 35.1 Å². The van der Waals surface area contributed by atoms with E-state index < -0.39 is 5.60 Å². The molecule has 2 aromatic rings. The molecule has 22 heavy (non-hydrogen) atoms. The Bertz CT molecular complexity index is 724. The third kappa shape index (κ3) is 2.58. The lowest BCUT2D eigenvalue weighted by molar-refractivity contribution is 0.0138. The van der Waals surface area contributed by atoms with Crippen LogP contribution in [-0.4, -0.2) is 23.1 Å². The third-order valence-electron chi connectivity index (χ3n) is 4.06. The van der Waals surface area contributed by atoms with Crippen molar-refractivity contribution in [1.82, 2.24) is 4.90 Å². The summed E-state index contributed by atoms with van der Waals surface area (Å²) in [6.45, 7) is 10.4. The Balaban J connectivity index is 1.94. The van der Waals surface area contributed by atoms with Crippen molar-refractivity contribution in [2.24, 2.45) is 0 Å². The number of carbonyl (C=O) groups is 1. The average molecular weight is 301 g/mol. The quantitative estimate of drug-likeness (QED) is 0.714. The van der Waals surface area contributed by atoms with E-state index in [9.17, 15) is 4.79 Å². The van der Waals surface area contributed by atoms with Gasteiger partial charge in [-0.05, 0) is 53.2 Å². The molecule has 2 heterocycles. The number of rotatable bonds is 0. The molecule has 0 spiro atoms. The zero-order valence-electron chi connectivity index (χ0n) is 13.9. The van der Waals surface area contributed by atoms with Crippen LogP contribution < -0.4 is 0 Å². The van der Waals surface area contributed by atoms with Gasteiger partial charge in [-0.15, -0.1) is 0 Å². The molecule has 1 aromatic heterocycles. The molecule has 3 rings (SSSR count). The number of nitrogens with zero attached hydrogens (tertiary/aromatic N) is 1. The predicted octanol–water partition coefficient (Wildman–Crippen LogP) is 4.60. The fourth-order valence-corrected chi connectivity index (χ4v) is 3.01. The van der Waals surface area contributed by atoms with Gasteiger partial charge in [0.05, 0.1) is 6.04 Å². The van der Waals surface area contributed by atoms with Crippen LogP contribution in [0, 0.1) is 6.92 Å². The van der Waals surface area contributed by atoms with Crippen LogP contribution in [0.4, 0.5) is 4.79 Å². The summed E-state index contributed by atoms with van der Waals surface area (Å²) in [4.78, 5) is 14.1. The van der Waals surface area contributed by atoms with Crippen LogP contribution >= 0.6 is 0 Å². The highest BCUT2D eigenvalue weighted by molar-refractivity contribution is 5.84. The van der Waals surface area contributed by atoms with Crippen molar-refractivity contribution in [3.8, 4) is 0 Å². The van der Waals surface area contributed by atoms with E-state index in [0.29, 0.717) is 6.54 Å². The van der Waals surface area contributed by atoms with Crippen molar-refractivity contribution in [2.75, 3.05) is 6.54 Å². The monoisotopic (exact) mass is 301 g/mol. The molecule has 0 saturated heterocycles. The maximum absolute atomic E-state index is 12.4. The molecule has 1 atom stereocenters. The van der Waals surface area contributed by atoms with Gasteiger partial charge in [-0.25, -0.2) is 4.79 Å². The molecule has 1 amide bonds. The molecule has 1 unspecified atom stereocenters. The molecule has 1 aliphatic heterocycles. The molecule has 0 aliphatic carbocycles. The van der Waals surface area contributed by atoms with Gasteiger partial charge in [0.2, 0.25) is 0 Å². The van der Waals surface area contributed by atoms with Gasteiger partial charge < -0.3 is 9.15 Å². The lowest BCUT2D eigenvalue weighted by Gasteiger charge is -2.34. The van der Waals surface area contributed by atoms with Crippen LogP contribution in [0.15, 0.2) is 22.6 Å². The molecule has 0 saturated carbocycles. The number of ether oxygens (including phenoxy) is 1. The number of hydrogen-bond donors (Lipinski definition) is 0. The third-order valence-corrected chi connectivity index (χ3v) is 4.06. The van der Waals surface area contributed by atoms with Crippen molar-refractivity contribution in [3.63, 3.8) is 0 Å². The Kier molecular flexibility index (Phi) is 3.42. The summed E-state index contributed by atoms with van der Waals surface area (Å²) in [7, 11) is 0. The van der Waals surface area contributed by atoms with Crippen molar-refractivity contribution in [2.45, 2.75) is 52.7 Å². The standard InChI is InChI=1S/C18H23NO3/c1-11-6-7-15-14(10-11)13-8-9-19(12(2)16(13)21-15)17(20)22-18(3,4)5/h6-7,10,12H,8-9H2,1-5H3. The summed E-state index contributed by atoms with van der Waals surface area (Å²) in [5.41, 5.74) is 2.86. The highest BCUT2D eigenvalue weighted by atomic mass is 16.6. The van der Waals surface area contributed by atoms with E-state index in [-0.39, 0.29) is 12.1 Å². The SMILES string of the molecule is Cc1ccc2oc3c(c2c1)CCN(C(=O)OC(C)(C)C)C3C. The molecule has 4 heteroatoms. The Morgan fingerprint density at radius 2 is 2.09 bits per heavy atom. The lowest BCUT2D eigenvalue weighted by Crippen LogP contribution is -2.41. The number of carbonyl (C=O) groups excluding carboxylic acids is 1. The fourth-order valence-electron chi connectivity index (χ4n) is 3.01. The van der Waals surface area contributed by atoms with E-state index >= 15 is 0 Å². The Morgan fingerprint density at radius 1 is 1.36 bits per heavy atom. The first kappa shape index (κ1) is 14.9. The number of aryl methyl sites for hydroxylation is 1. The smallest absolute Gasteiger partial charge is 0.410 e. The number of fused-ring (bicyclic) bond motifs is 3. The number of benzene rings is 1.